The van der Waals surface area contributed by atoms with E-state index in [0.717, 1.165) is 5.69 Å². The summed E-state index contributed by atoms with van der Waals surface area (Å²) >= 11 is 0. The van der Waals surface area contributed by atoms with E-state index >= 15 is 0 Å². The summed E-state index contributed by atoms with van der Waals surface area (Å²) in [6, 6.07) is 5.55. The highest BCUT2D eigenvalue weighted by atomic mass is 16.5. The first kappa shape index (κ1) is 15.4. The van der Waals surface area contributed by atoms with Crippen molar-refractivity contribution in [2.45, 2.75) is 25.9 Å². The molecular weight excluding hydrogens is 270 g/mol. The second-order valence-corrected chi connectivity index (χ2v) is 5.36. The minimum atomic E-state index is -0.291. The lowest BCUT2D eigenvalue weighted by Crippen LogP contribution is -2.40. The van der Waals surface area contributed by atoms with Crippen molar-refractivity contribution in [2.24, 2.45) is 5.92 Å². The number of hydrogen-bond donors (Lipinski definition) is 1. The van der Waals surface area contributed by atoms with E-state index in [1.165, 1.54) is 0 Å². The quantitative estimate of drug-likeness (QED) is 0.832. The average Bonchev–Trinajstić information content (AvgIpc) is 2.82. The predicted octanol–water partition coefficient (Wildman–Crippen LogP) is 0.581. The Balaban J connectivity index is 1.88. The highest BCUT2D eigenvalue weighted by molar-refractivity contribution is 5.89. The van der Waals surface area contributed by atoms with E-state index in [2.05, 4.69) is 10.3 Å². The zero-order valence-corrected chi connectivity index (χ0v) is 12.4. The second kappa shape index (κ2) is 7.17. The minimum Gasteiger partial charge on any atom is -0.383 e. The van der Waals surface area contributed by atoms with Gasteiger partial charge in [0.1, 0.15) is 0 Å². The van der Waals surface area contributed by atoms with Crippen LogP contribution in [-0.2, 0) is 20.9 Å². The van der Waals surface area contributed by atoms with Gasteiger partial charge in [0.25, 0.3) is 0 Å². The Labute approximate surface area is 124 Å². The van der Waals surface area contributed by atoms with Crippen molar-refractivity contribution in [1.82, 2.24) is 15.2 Å². The summed E-state index contributed by atoms with van der Waals surface area (Å²) in [7, 11) is 1.59. The molecule has 0 aliphatic carbocycles. The van der Waals surface area contributed by atoms with Gasteiger partial charge in [0.05, 0.1) is 24.8 Å². The van der Waals surface area contributed by atoms with Crippen LogP contribution in [0, 0.1) is 5.92 Å². The fourth-order valence-electron chi connectivity index (χ4n) is 2.44. The molecule has 1 aromatic heterocycles. The van der Waals surface area contributed by atoms with Crippen LogP contribution in [-0.4, -0.2) is 48.0 Å². The number of amides is 2. The van der Waals surface area contributed by atoms with E-state index in [4.69, 9.17) is 4.74 Å². The number of rotatable bonds is 6. The molecule has 1 fully saturated rings. The summed E-state index contributed by atoms with van der Waals surface area (Å²) in [6.45, 7) is 3.24. The molecule has 2 heterocycles. The molecule has 0 aromatic carbocycles. The normalized spacial score (nSPS) is 19.6. The molecule has 0 spiro atoms. The first-order valence-electron chi connectivity index (χ1n) is 7.07. The van der Waals surface area contributed by atoms with Gasteiger partial charge in [-0.25, -0.2) is 0 Å². The molecule has 1 aromatic rings. The van der Waals surface area contributed by atoms with Crippen LogP contribution >= 0.6 is 0 Å². The van der Waals surface area contributed by atoms with Gasteiger partial charge in [0.15, 0.2) is 0 Å². The molecule has 0 unspecified atom stereocenters. The van der Waals surface area contributed by atoms with Gasteiger partial charge < -0.3 is 15.0 Å². The van der Waals surface area contributed by atoms with Crippen LogP contribution in [0.3, 0.4) is 0 Å². The number of aromatic nitrogens is 1. The van der Waals surface area contributed by atoms with E-state index in [1.54, 1.807) is 18.2 Å². The van der Waals surface area contributed by atoms with E-state index in [9.17, 15) is 9.59 Å². The number of methoxy groups -OCH3 is 1. The predicted molar refractivity (Wildman–Crippen MR) is 77.2 cm³/mol. The molecule has 2 rings (SSSR count). The molecule has 0 bridgehead atoms. The average molecular weight is 291 g/mol. The van der Waals surface area contributed by atoms with Gasteiger partial charge in [-0.3, -0.25) is 14.6 Å². The Morgan fingerprint density at radius 2 is 2.38 bits per heavy atom. The van der Waals surface area contributed by atoms with Crippen LogP contribution in [0.4, 0.5) is 0 Å². The van der Waals surface area contributed by atoms with Crippen LogP contribution in [0.2, 0.25) is 0 Å². The molecule has 1 N–H and O–H groups in total. The monoisotopic (exact) mass is 291 g/mol. The standard InChI is InChI=1S/C15H21N3O3/c1-11(10-21-2)17-15(20)12-7-14(19)18(8-12)9-13-5-3-4-6-16-13/h3-6,11-12H,7-10H2,1-2H3,(H,17,20)/t11-,12-/m0/s1. The lowest BCUT2D eigenvalue weighted by molar-refractivity contribution is -0.129. The summed E-state index contributed by atoms with van der Waals surface area (Å²) in [4.78, 5) is 30.0. The Morgan fingerprint density at radius 1 is 1.57 bits per heavy atom. The highest BCUT2D eigenvalue weighted by Gasteiger charge is 2.34. The molecule has 0 saturated carbocycles. The van der Waals surface area contributed by atoms with E-state index < -0.39 is 0 Å². The third-order valence-electron chi connectivity index (χ3n) is 3.47. The van der Waals surface area contributed by atoms with Crippen molar-refractivity contribution in [1.29, 1.82) is 0 Å². The van der Waals surface area contributed by atoms with Gasteiger partial charge >= 0.3 is 0 Å². The third kappa shape index (κ3) is 4.26. The van der Waals surface area contributed by atoms with Gasteiger partial charge in [-0.1, -0.05) is 6.07 Å². The van der Waals surface area contributed by atoms with Crippen molar-refractivity contribution in [3.05, 3.63) is 30.1 Å². The number of hydrogen-bond acceptors (Lipinski definition) is 4. The minimum absolute atomic E-state index is 0.000183. The van der Waals surface area contributed by atoms with Crippen molar-refractivity contribution < 1.29 is 14.3 Å². The SMILES string of the molecule is COC[C@H](C)NC(=O)[C@H]1CC(=O)N(Cc2ccccn2)C1. The number of ether oxygens (including phenoxy) is 1. The summed E-state index contributed by atoms with van der Waals surface area (Å²) in [5, 5.41) is 2.87. The van der Waals surface area contributed by atoms with Gasteiger partial charge in [-0.05, 0) is 19.1 Å². The maximum atomic E-state index is 12.1. The lowest BCUT2D eigenvalue weighted by atomic mass is 10.1. The number of carbonyl (C=O) groups is 2. The zero-order valence-electron chi connectivity index (χ0n) is 12.4. The van der Waals surface area contributed by atoms with Crippen molar-refractivity contribution >= 4 is 11.8 Å². The van der Waals surface area contributed by atoms with Crippen LogP contribution in [0.1, 0.15) is 19.0 Å². The summed E-state index contributed by atoms with van der Waals surface area (Å²) in [5.41, 5.74) is 0.833. The fraction of sp³-hybridized carbons (Fsp3) is 0.533. The fourth-order valence-corrected chi connectivity index (χ4v) is 2.44. The Kier molecular flexibility index (Phi) is 5.27. The smallest absolute Gasteiger partial charge is 0.225 e. The Bertz CT molecular complexity index is 492. The molecule has 1 aliphatic rings. The topological polar surface area (TPSA) is 71.5 Å². The maximum absolute atomic E-state index is 12.1. The molecule has 2 amide bonds. The van der Waals surface area contributed by atoms with Gasteiger partial charge in [-0.15, -0.1) is 0 Å². The van der Waals surface area contributed by atoms with E-state index in [-0.39, 0.29) is 30.2 Å². The third-order valence-corrected chi connectivity index (χ3v) is 3.47. The van der Waals surface area contributed by atoms with Gasteiger partial charge in [-0.2, -0.15) is 0 Å². The first-order valence-corrected chi connectivity index (χ1v) is 7.07. The molecule has 21 heavy (non-hydrogen) atoms. The number of likely N-dealkylation sites (tertiary alicyclic amines) is 1. The summed E-state index contributed by atoms with van der Waals surface area (Å²) in [6.07, 6.45) is 1.96. The van der Waals surface area contributed by atoms with Crippen LogP contribution in [0.15, 0.2) is 24.4 Å². The van der Waals surface area contributed by atoms with Gasteiger partial charge in [0.2, 0.25) is 11.8 Å². The lowest BCUT2D eigenvalue weighted by Gasteiger charge is -2.17. The van der Waals surface area contributed by atoms with Gasteiger partial charge in [0, 0.05) is 32.3 Å². The zero-order chi connectivity index (χ0) is 15.2. The molecule has 0 radical (unpaired) electrons. The number of carbonyl (C=O) groups excluding carboxylic acids is 2. The number of nitrogens with one attached hydrogen (secondary N) is 1. The number of nitrogens with zero attached hydrogens (tertiary/aromatic N) is 2. The Morgan fingerprint density at radius 3 is 3.05 bits per heavy atom. The summed E-state index contributed by atoms with van der Waals surface area (Å²) < 4.78 is 4.99. The molecular formula is C15H21N3O3. The van der Waals surface area contributed by atoms with E-state index in [1.807, 2.05) is 25.1 Å². The first-order chi connectivity index (χ1) is 10.1. The molecule has 1 aliphatic heterocycles. The van der Waals surface area contributed by atoms with E-state index in [0.29, 0.717) is 19.7 Å². The van der Waals surface area contributed by atoms with Crippen molar-refractivity contribution in [2.75, 3.05) is 20.3 Å². The second-order valence-electron chi connectivity index (χ2n) is 5.36. The van der Waals surface area contributed by atoms with Crippen LogP contribution in [0.25, 0.3) is 0 Å². The molecule has 1 saturated heterocycles. The van der Waals surface area contributed by atoms with Crippen LogP contribution in [0.5, 0.6) is 0 Å². The molecule has 6 nitrogen and oxygen atoms in total. The highest BCUT2D eigenvalue weighted by Crippen LogP contribution is 2.20. The van der Waals surface area contributed by atoms with Crippen LogP contribution < -0.4 is 5.32 Å². The summed E-state index contributed by atoms with van der Waals surface area (Å²) in [5.74, 6) is -0.378. The largest absolute Gasteiger partial charge is 0.383 e. The van der Waals surface area contributed by atoms with Crippen molar-refractivity contribution in [3.63, 3.8) is 0 Å². The molecule has 114 valence electrons. The molecule has 2 atom stereocenters. The molecule has 6 heteroatoms. The van der Waals surface area contributed by atoms with Crippen molar-refractivity contribution in [3.8, 4) is 0 Å². The Hall–Kier alpha value is -1.95. The number of pyridine rings is 1. The maximum Gasteiger partial charge on any atom is 0.225 e.